The number of anilines is 1. The number of hydrogen-bond acceptors (Lipinski definition) is 3. The molecule has 0 fully saturated rings. The Morgan fingerprint density at radius 1 is 0.706 bits per heavy atom. The van der Waals surface area contributed by atoms with E-state index in [0.717, 1.165) is 16.8 Å². The fraction of sp³-hybridized carbons (Fsp3) is 0.0714. The van der Waals surface area contributed by atoms with Crippen LogP contribution in [0.1, 0.15) is 16.8 Å². The number of nitrogens with one attached hydrogen (secondary N) is 2. The SMILES string of the molecule is O=C(O)CCNC(=O)c1ccc(-c2ccccc2[I-]Nc2ccc(-c3ccccc3)cc2)cc1. The summed E-state index contributed by atoms with van der Waals surface area (Å²) in [6, 6.07) is 34.5. The van der Waals surface area contributed by atoms with Crippen LogP contribution in [0.5, 0.6) is 0 Å². The number of rotatable bonds is 9. The number of carbonyl (C=O) groups excluding carboxylic acids is 1. The van der Waals surface area contributed by atoms with Crippen LogP contribution in [0.2, 0.25) is 0 Å². The second-order valence-electron chi connectivity index (χ2n) is 7.59. The van der Waals surface area contributed by atoms with Gasteiger partial charge in [0.25, 0.3) is 0 Å². The van der Waals surface area contributed by atoms with E-state index in [1.807, 2.05) is 42.5 Å². The van der Waals surface area contributed by atoms with Crippen molar-refractivity contribution in [1.82, 2.24) is 5.32 Å². The predicted molar refractivity (Wildman–Crippen MR) is 131 cm³/mol. The summed E-state index contributed by atoms with van der Waals surface area (Å²) >= 11 is -0.485. The number of carbonyl (C=O) groups is 2. The van der Waals surface area contributed by atoms with Crippen LogP contribution < -0.4 is 30.3 Å². The van der Waals surface area contributed by atoms with E-state index >= 15 is 0 Å². The molecule has 4 aromatic rings. The summed E-state index contributed by atoms with van der Waals surface area (Å²) in [5.41, 5.74) is 6.18. The molecule has 0 aliphatic heterocycles. The zero-order valence-corrected chi connectivity index (χ0v) is 20.5. The Labute approximate surface area is 209 Å². The van der Waals surface area contributed by atoms with Gasteiger partial charge in [0.05, 0.1) is 0 Å². The third kappa shape index (κ3) is 6.23. The van der Waals surface area contributed by atoms with Gasteiger partial charge in [0.1, 0.15) is 0 Å². The number of carboxylic acids is 1. The Bertz CT molecular complexity index is 1260. The number of halogens is 1. The molecule has 0 aromatic heterocycles. The van der Waals surface area contributed by atoms with Crippen molar-refractivity contribution in [3.8, 4) is 22.3 Å². The van der Waals surface area contributed by atoms with Crippen LogP contribution in [-0.4, -0.2) is 23.5 Å². The van der Waals surface area contributed by atoms with Crippen molar-refractivity contribution in [2.75, 3.05) is 10.1 Å². The van der Waals surface area contributed by atoms with Crippen molar-refractivity contribution in [1.29, 1.82) is 0 Å². The van der Waals surface area contributed by atoms with Gasteiger partial charge in [-0.1, -0.05) is 0 Å². The monoisotopic (exact) mass is 563 g/mol. The van der Waals surface area contributed by atoms with Gasteiger partial charge in [-0.2, -0.15) is 0 Å². The van der Waals surface area contributed by atoms with E-state index in [-0.39, 0.29) is 18.9 Å². The minimum absolute atomic E-state index is 0.0944. The van der Waals surface area contributed by atoms with E-state index in [4.69, 9.17) is 5.11 Å². The van der Waals surface area contributed by atoms with Crippen LogP contribution in [0.25, 0.3) is 22.3 Å². The first-order chi connectivity index (χ1) is 16.6. The first-order valence-electron chi connectivity index (χ1n) is 10.8. The molecular weight excluding hydrogens is 539 g/mol. The molecule has 3 N–H and O–H groups in total. The average molecular weight is 563 g/mol. The van der Waals surface area contributed by atoms with Gasteiger partial charge in [0, 0.05) is 0 Å². The Hall–Kier alpha value is -3.65. The number of carboxylic acid groups (broad SMARTS) is 1. The zero-order valence-electron chi connectivity index (χ0n) is 18.4. The van der Waals surface area contributed by atoms with Crippen molar-refractivity contribution in [2.24, 2.45) is 0 Å². The maximum absolute atomic E-state index is 12.2. The van der Waals surface area contributed by atoms with E-state index in [1.165, 1.54) is 14.7 Å². The van der Waals surface area contributed by atoms with Gasteiger partial charge in [-0.05, 0) is 0 Å². The van der Waals surface area contributed by atoms with Gasteiger partial charge < -0.3 is 0 Å². The Balaban J connectivity index is 1.42. The average Bonchev–Trinajstić information content (AvgIpc) is 2.88. The third-order valence-corrected chi connectivity index (χ3v) is 7.62. The first kappa shape index (κ1) is 23.5. The summed E-state index contributed by atoms with van der Waals surface area (Å²) in [5.74, 6) is -1.20. The molecule has 0 saturated heterocycles. The van der Waals surface area contributed by atoms with Gasteiger partial charge in [0.2, 0.25) is 0 Å². The van der Waals surface area contributed by atoms with Crippen LogP contribution in [0.15, 0.2) is 103 Å². The van der Waals surface area contributed by atoms with Gasteiger partial charge in [-0.25, -0.2) is 0 Å². The maximum atomic E-state index is 12.2. The summed E-state index contributed by atoms with van der Waals surface area (Å²) in [5, 5.41) is 11.3. The Morgan fingerprint density at radius 3 is 2.03 bits per heavy atom. The second-order valence-corrected chi connectivity index (χ2v) is 9.83. The van der Waals surface area contributed by atoms with Gasteiger partial charge in [0.15, 0.2) is 0 Å². The van der Waals surface area contributed by atoms with Crippen molar-refractivity contribution in [3.63, 3.8) is 0 Å². The van der Waals surface area contributed by atoms with Gasteiger partial charge >= 0.3 is 210 Å². The fourth-order valence-corrected chi connectivity index (χ4v) is 5.56. The van der Waals surface area contributed by atoms with Crippen LogP contribution in [0, 0.1) is 3.57 Å². The van der Waals surface area contributed by atoms with Gasteiger partial charge in [-0.3, -0.25) is 0 Å². The molecule has 4 rings (SSSR count). The van der Waals surface area contributed by atoms with E-state index < -0.39 is 27.4 Å². The first-order valence-corrected chi connectivity index (χ1v) is 13.0. The molecule has 34 heavy (non-hydrogen) atoms. The van der Waals surface area contributed by atoms with Crippen molar-refractivity contribution >= 4 is 17.6 Å². The fourth-order valence-electron chi connectivity index (χ4n) is 3.43. The molecule has 0 aliphatic carbocycles. The van der Waals surface area contributed by atoms with Crippen molar-refractivity contribution in [2.45, 2.75) is 6.42 Å². The molecular formula is C28H24IN2O3-. The molecule has 0 unspecified atom stereocenters. The zero-order chi connectivity index (χ0) is 23.8. The van der Waals surface area contributed by atoms with Crippen LogP contribution >= 0.6 is 0 Å². The van der Waals surface area contributed by atoms with Crippen molar-refractivity contribution < 1.29 is 36.2 Å². The molecule has 0 aliphatic rings. The predicted octanol–water partition coefficient (Wildman–Crippen LogP) is 2.51. The topological polar surface area (TPSA) is 78.4 Å². The van der Waals surface area contributed by atoms with E-state index in [1.54, 1.807) is 12.1 Å². The molecule has 6 heteroatoms. The van der Waals surface area contributed by atoms with Crippen molar-refractivity contribution in [3.05, 3.63) is 112 Å². The normalized spacial score (nSPS) is 10.6. The molecule has 0 spiro atoms. The Kier molecular flexibility index (Phi) is 7.93. The third-order valence-electron chi connectivity index (χ3n) is 5.21. The van der Waals surface area contributed by atoms with Crippen LogP contribution in [0.4, 0.5) is 5.69 Å². The quantitative estimate of drug-likeness (QED) is 0.216. The standard InChI is InChI=1S/C28H24IN2O3/c32-27(33)18-19-30-28(34)23-12-10-22(11-13-23)25-8-4-5-9-26(25)29-31-24-16-14-21(15-17-24)20-6-2-1-3-7-20/h1-17,31H,18-19H2,(H,30,34)(H,32,33)/q-1. The Morgan fingerprint density at radius 2 is 1.32 bits per heavy atom. The van der Waals surface area contributed by atoms with E-state index in [2.05, 4.69) is 57.4 Å². The minimum atomic E-state index is -0.934. The number of benzene rings is 4. The molecule has 0 radical (unpaired) electrons. The molecule has 1 amide bonds. The molecule has 0 bridgehead atoms. The molecule has 0 atom stereocenters. The number of amides is 1. The summed E-state index contributed by atoms with van der Waals surface area (Å²) < 4.78 is 4.87. The molecule has 4 aromatic carbocycles. The van der Waals surface area contributed by atoms with Crippen LogP contribution in [-0.2, 0) is 4.79 Å². The summed E-state index contributed by atoms with van der Waals surface area (Å²) in [6.07, 6.45) is -0.0944. The molecule has 0 saturated carbocycles. The summed E-state index contributed by atoms with van der Waals surface area (Å²) in [7, 11) is 0. The summed E-state index contributed by atoms with van der Waals surface area (Å²) in [6.45, 7) is 0.112. The van der Waals surface area contributed by atoms with Crippen LogP contribution in [0.3, 0.4) is 0 Å². The van der Waals surface area contributed by atoms with E-state index in [9.17, 15) is 9.59 Å². The number of hydrogen-bond donors (Lipinski definition) is 3. The van der Waals surface area contributed by atoms with Gasteiger partial charge in [-0.15, -0.1) is 0 Å². The molecule has 172 valence electrons. The molecule has 0 heterocycles. The van der Waals surface area contributed by atoms with E-state index in [0.29, 0.717) is 5.56 Å². The summed E-state index contributed by atoms with van der Waals surface area (Å²) in [4.78, 5) is 22.8. The molecule has 5 nitrogen and oxygen atoms in total. The number of aliphatic carboxylic acids is 1. The second kappa shape index (κ2) is 11.5.